The normalized spacial score (nSPS) is 16.9. The number of halogens is 1. The number of rotatable bonds is 3. The molecule has 0 radical (unpaired) electrons. The Morgan fingerprint density at radius 2 is 2.10 bits per heavy atom. The van der Waals surface area contributed by atoms with Crippen LogP contribution in [0.5, 0.6) is 0 Å². The van der Waals surface area contributed by atoms with Crippen LogP contribution < -0.4 is 4.90 Å². The fraction of sp³-hybridized carbons (Fsp3) is 0.235. The van der Waals surface area contributed by atoms with Gasteiger partial charge in [0.1, 0.15) is 11.7 Å². The van der Waals surface area contributed by atoms with Gasteiger partial charge in [-0.3, -0.25) is 4.79 Å². The van der Waals surface area contributed by atoms with Gasteiger partial charge in [0.15, 0.2) is 0 Å². The molecule has 0 saturated carbocycles. The number of carbonyl (C=O) groups is 1. The van der Waals surface area contributed by atoms with Gasteiger partial charge in [0.25, 0.3) is 0 Å². The van der Waals surface area contributed by atoms with E-state index in [1.165, 1.54) is 12.1 Å². The highest BCUT2D eigenvalue weighted by Gasteiger charge is 2.33. The standard InChI is InChI=1S/C17H16FNO2/c1-11-8-13(18)7-6-12(11)9-19-10-15(17(20)21)14-4-2-3-5-16(14)19/h2-8,15H,9-10H2,1H3,(H,20,21). The van der Waals surface area contributed by atoms with E-state index >= 15 is 0 Å². The topological polar surface area (TPSA) is 40.5 Å². The van der Waals surface area contributed by atoms with Crippen molar-refractivity contribution in [2.24, 2.45) is 0 Å². The molecule has 0 aliphatic carbocycles. The molecule has 3 rings (SSSR count). The van der Waals surface area contributed by atoms with Gasteiger partial charge in [-0.1, -0.05) is 24.3 Å². The summed E-state index contributed by atoms with van der Waals surface area (Å²) >= 11 is 0. The maximum absolute atomic E-state index is 13.2. The lowest BCUT2D eigenvalue weighted by atomic mass is 10.0. The largest absolute Gasteiger partial charge is 0.481 e. The molecule has 108 valence electrons. The van der Waals surface area contributed by atoms with Crippen LogP contribution in [0, 0.1) is 12.7 Å². The second kappa shape index (κ2) is 5.20. The summed E-state index contributed by atoms with van der Waals surface area (Å²) in [5, 5.41) is 9.36. The number of hydrogen-bond donors (Lipinski definition) is 1. The molecule has 2 aromatic carbocycles. The summed E-state index contributed by atoms with van der Waals surface area (Å²) in [5.74, 6) is -1.55. The quantitative estimate of drug-likeness (QED) is 0.940. The molecular weight excluding hydrogens is 269 g/mol. The second-order valence-corrected chi connectivity index (χ2v) is 5.40. The number of aliphatic carboxylic acids is 1. The first-order valence-electron chi connectivity index (χ1n) is 6.88. The Labute approximate surface area is 122 Å². The number of nitrogens with zero attached hydrogens (tertiary/aromatic N) is 1. The molecule has 0 bridgehead atoms. The van der Waals surface area contributed by atoms with Crippen LogP contribution in [-0.2, 0) is 11.3 Å². The van der Waals surface area contributed by atoms with Gasteiger partial charge in [0, 0.05) is 18.8 Å². The average molecular weight is 285 g/mol. The van der Waals surface area contributed by atoms with E-state index in [0.29, 0.717) is 13.1 Å². The van der Waals surface area contributed by atoms with E-state index in [1.807, 2.05) is 36.1 Å². The average Bonchev–Trinajstić information content (AvgIpc) is 2.81. The van der Waals surface area contributed by atoms with Crippen LogP contribution in [0.4, 0.5) is 10.1 Å². The van der Waals surface area contributed by atoms with E-state index < -0.39 is 11.9 Å². The van der Waals surface area contributed by atoms with Gasteiger partial charge in [-0.05, 0) is 41.8 Å². The summed E-state index contributed by atoms with van der Waals surface area (Å²) in [6, 6.07) is 12.3. The lowest BCUT2D eigenvalue weighted by molar-refractivity contribution is -0.138. The predicted molar refractivity (Wildman–Crippen MR) is 79.0 cm³/mol. The summed E-state index contributed by atoms with van der Waals surface area (Å²) in [6.07, 6.45) is 0. The summed E-state index contributed by atoms with van der Waals surface area (Å²) < 4.78 is 13.2. The van der Waals surface area contributed by atoms with E-state index in [2.05, 4.69) is 0 Å². The fourth-order valence-electron chi connectivity index (χ4n) is 2.89. The first-order valence-corrected chi connectivity index (χ1v) is 6.88. The monoisotopic (exact) mass is 285 g/mol. The Morgan fingerprint density at radius 3 is 2.81 bits per heavy atom. The van der Waals surface area contributed by atoms with E-state index in [0.717, 1.165) is 22.4 Å². The molecule has 0 amide bonds. The number of fused-ring (bicyclic) bond motifs is 1. The Hall–Kier alpha value is -2.36. The minimum absolute atomic E-state index is 0.249. The number of aryl methyl sites for hydroxylation is 1. The van der Waals surface area contributed by atoms with E-state index in [-0.39, 0.29) is 5.82 Å². The SMILES string of the molecule is Cc1cc(F)ccc1CN1CC(C(=O)O)c2ccccc21. The molecule has 1 N–H and O–H groups in total. The predicted octanol–water partition coefficient (Wildman–Crippen LogP) is 3.32. The minimum atomic E-state index is -0.805. The molecule has 2 aromatic rings. The van der Waals surface area contributed by atoms with Gasteiger partial charge in [-0.25, -0.2) is 4.39 Å². The number of hydrogen-bond acceptors (Lipinski definition) is 2. The van der Waals surface area contributed by atoms with Crippen molar-refractivity contribution in [3.05, 3.63) is 65.0 Å². The van der Waals surface area contributed by atoms with Crippen LogP contribution >= 0.6 is 0 Å². The Kier molecular flexibility index (Phi) is 3.37. The van der Waals surface area contributed by atoms with Gasteiger partial charge in [-0.15, -0.1) is 0 Å². The highest BCUT2D eigenvalue weighted by Crippen LogP contribution is 2.37. The molecular formula is C17H16FNO2. The van der Waals surface area contributed by atoms with Crippen molar-refractivity contribution in [2.75, 3.05) is 11.4 Å². The molecule has 4 heteroatoms. The number of carboxylic acid groups (broad SMARTS) is 1. The van der Waals surface area contributed by atoms with Crippen LogP contribution in [-0.4, -0.2) is 17.6 Å². The Balaban J connectivity index is 1.92. The zero-order chi connectivity index (χ0) is 15.0. The van der Waals surface area contributed by atoms with Gasteiger partial charge < -0.3 is 10.0 Å². The van der Waals surface area contributed by atoms with Crippen molar-refractivity contribution in [3.63, 3.8) is 0 Å². The third-order valence-corrected chi connectivity index (χ3v) is 4.02. The molecule has 0 saturated heterocycles. The minimum Gasteiger partial charge on any atom is -0.481 e. The smallest absolute Gasteiger partial charge is 0.312 e. The van der Waals surface area contributed by atoms with Crippen molar-refractivity contribution < 1.29 is 14.3 Å². The van der Waals surface area contributed by atoms with Gasteiger partial charge >= 0.3 is 5.97 Å². The van der Waals surface area contributed by atoms with Crippen molar-refractivity contribution in [1.82, 2.24) is 0 Å². The molecule has 0 spiro atoms. The lowest BCUT2D eigenvalue weighted by Crippen LogP contribution is -2.24. The van der Waals surface area contributed by atoms with Crippen molar-refractivity contribution in [3.8, 4) is 0 Å². The first kappa shape index (κ1) is 13.6. The molecule has 1 atom stereocenters. The second-order valence-electron chi connectivity index (χ2n) is 5.40. The zero-order valence-corrected chi connectivity index (χ0v) is 11.7. The van der Waals surface area contributed by atoms with Crippen LogP contribution in [0.15, 0.2) is 42.5 Å². The summed E-state index contributed by atoms with van der Waals surface area (Å²) in [5.41, 5.74) is 3.70. The maximum Gasteiger partial charge on any atom is 0.312 e. The van der Waals surface area contributed by atoms with E-state index in [1.54, 1.807) is 6.07 Å². The molecule has 3 nitrogen and oxygen atoms in total. The molecule has 1 aliphatic rings. The number of para-hydroxylation sites is 1. The lowest BCUT2D eigenvalue weighted by Gasteiger charge is -2.20. The van der Waals surface area contributed by atoms with Crippen LogP contribution in [0.2, 0.25) is 0 Å². The van der Waals surface area contributed by atoms with Crippen LogP contribution in [0.25, 0.3) is 0 Å². The van der Waals surface area contributed by atoms with E-state index in [9.17, 15) is 14.3 Å². The Bertz CT molecular complexity index is 699. The summed E-state index contributed by atoms with van der Waals surface area (Å²) in [4.78, 5) is 13.4. The zero-order valence-electron chi connectivity index (χ0n) is 11.7. The molecule has 1 heterocycles. The third-order valence-electron chi connectivity index (χ3n) is 4.02. The third kappa shape index (κ3) is 2.49. The molecule has 21 heavy (non-hydrogen) atoms. The van der Waals surface area contributed by atoms with Crippen LogP contribution in [0.1, 0.15) is 22.6 Å². The van der Waals surface area contributed by atoms with Gasteiger partial charge in [-0.2, -0.15) is 0 Å². The number of carboxylic acids is 1. The molecule has 1 unspecified atom stereocenters. The molecule has 0 fully saturated rings. The first-order chi connectivity index (χ1) is 10.1. The molecule has 1 aliphatic heterocycles. The van der Waals surface area contributed by atoms with Crippen molar-refractivity contribution in [2.45, 2.75) is 19.4 Å². The van der Waals surface area contributed by atoms with Gasteiger partial charge in [0.05, 0.1) is 0 Å². The number of benzene rings is 2. The van der Waals surface area contributed by atoms with Crippen LogP contribution in [0.3, 0.4) is 0 Å². The van der Waals surface area contributed by atoms with E-state index in [4.69, 9.17) is 0 Å². The highest BCUT2D eigenvalue weighted by molar-refractivity contribution is 5.82. The maximum atomic E-state index is 13.2. The number of anilines is 1. The highest BCUT2D eigenvalue weighted by atomic mass is 19.1. The summed E-state index contributed by atoms with van der Waals surface area (Å²) in [6.45, 7) is 2.91. The van der Waals surface area contributed by atoms with Gasteiger partial charge in [0.2, 0.25) is 0 Å². The molecule has 0 aromatic heterocycles. The summed E-state index contributed by atoms with van der Waals surface area (Å²) in [7, 11) is 0. The Morgan fingerprint density at radius 1 is 1.33 bits per heavy atom. The fourth-order valence-corrected chi connectivity index (χ4v) is 2.89. The van der Waals surface area contributed by atoms with Crippen molar-refractivity contribution >= 4 is 11.7 Å². The van der Waals surface area contributed by atoms with Crippen molar-refractivity contribution in [1.29, 1.82) is 0 Å².